The van der Waals surface area contributed by atoms with Gasteiger partial charge in [0.25, 0.3) is 0 Å². The summed E-state index contributed by atoms with van der Waals surface area (Å²) in [5.41, 5.74) is 5.82. The smallest absolute Gasteiger partial charge is 0.325 e. The molecular weight excluding hydrogens is 588 g/mol. The van der Waals surface area contributed by atoms with Gasteiger partial charge >= 0.3 is 12.0 Å². The molecule has 234 valence electrons. The molecule has 8 nitrogen and oxygen atoms in total. The van der Waals surface area contributed by atoms with Crippen molar-refractivity contribution in [3.8, 4) is 11.1 Å². The fourth-order valence-corrected chi connectivity index (χ4v) is 5.97. The first-order valence-electron chi connectivity index (χ1n) is 15.1. The van der Waals surface area contributed by atoms with Crippen LogP contribution in [-0.4, -0.2) is 42.1 Å². The van der Waals surface area contributed by atoms with Gasteiger partial charge in [0.05, 0.1) is 25.4 Å². The molecule has 0 radical (unpaired) electrons. The van der Waals surface area contributed by atoms with Crippen LogP contribution in [0.3, 0.4) is 0 Å². The largest absolute Gasteiger partial charge is 0.465 e. The van der Waals surface area contributed by atoms with E-state index in [9.17, 15) is 14.7 Å². The second-order valence-corrected chi connectivity index (χ2v) is 11.7. The maximum atomic E-state index is 12.1. The topological polar surface area (TPSA) is 106 Å². The van der Waals surface area contributed by atoms with E-state index in [1.165, 1.54) is 4.90 Å². The van der Waals surface area contributed by atoms with Gasteiger partial charge in [-0.15, -0.1) is 11.8 Å². The number of rotatable bonds is 12. The number of carbonyl (C=O) groups is 2. The molecule has 5 rings (SSSR count). The highest BCUT2D eigenvalue weighted by atomic mass is 32.2. The van der Waals surface area contributed by atoms with E-state index < -0.39 is 18.3 Å². The Kier molecular flexibility index (Phi) is 11.6. The quantitative estimate of drug-likeness (QED) is 0.121. The molecule has 1 heterocycles. The van der Waals surface area contributed by atoms with Crippen LogP contribution < -0.4 is 10.6 Å². The van der Waals surface area contributed by atoms with Crippen LogP contribution in [0.2, 0.25) is 0 Å². The molecule has 1 aliphatic rings. The first-order valence-corrected chi connectivity index (χ1v) is 16.0. The summed E-state index contributed by atoms with van der Waals surface area (Å²) in [6.45, 7) is 2.13. The van der Waals surface area contributed by atoms with Crippen molar-refractivity contribution in [3.05, 3.63) is 125 Å². The molecule has 4 aromatic rings. The van der Waals surface area contributed by atoms with E-state index in [4.69, 9.17) is 14.2 Å². The maximum absolute atomic E-state index is 12.1. The highest BCUT2D eigenvalue weighted by Gasteiger charge is 2.32. The number of hydrogen-bond acceptors (Lipinski definition) is 7. The van der Waals surface area contributed by atoms with Gasteiger partial charge in [0.2, 0.25) is 0 Å². The lowest BCUT2D eigenvalue weighted by molar-refractivity contribution is -0.245. The van der Waals surface area contributed by atoms with Crippen molar-refractivity contribution >= 4 is 23.8 Å². The normalized spacial score (nSPS) is 17.8. The molecule has 1 saturated heterocycles. The SMILES string of the molecule is CCOC(=O)CNC(=O)NCc1cccc(-c2ccc(C3OC(CSc4ccccc4)CC(c4ccc(CO)cc4)O3)cc2)c1. The minimum Gasteiger partial charge on any atom is -0.465 e. The van der Waals surface area contributed by atoms with Crippen LogP contribution in [-0.2, 0) is 32.2 Å². The molecule has 1 aliphatic heterocycles. The monoisotopic (exact) mass is 626 g/mol. The zero-order chi connectivity index (χ0) is 31.4. The minimum absolute atomic E-state index is 0.00606. The van der Waals surface area contributed by atoms with Gasteiger partial charge in [0.1, 0.15) is 6.54 Å². The van der Waals surface area contributed by atoms with Crippen molar-refractivity contribution in [2.45, 2.75) is 49.9 Å². The van der Waals surface area contributed by atoms with E-state index in [1.807, 2.05) is 91.0 Å². The van der Waals surface area contributed by atoms with Crippen molar-refractivity contribution in [1.82, 2.24) is 10.6 Å². The first-order chi connectivity index (χ1) is 22.0. The van der Waals surface area contributed by atoms with Gasteiger partial charge in [-0.1, -0.05) is 84.9 Å². The summed E-state index contributed by atoms with van der Waals surface area (Å²) < 4.78 is 17.8. The van der Waals surface area contributed by atoms with E-state index in [0.717, 1.165) is 45.6 Å². The van der Waals surface area contributed by atoms with Gasteiger partial charge in [-0.2, -0.15) is 0 Å². The molecule has 4 aromatic carbocycles. The highest BCUT2D eigenvalue weighted by molar-refractivity contribution is 7.99. The molecule has 3 atom stereocenters. The Morgan fingerprint density at radius 3 is 2.33 bits per heavy atom. The van der Waals surface area contributed by atoms with Gasteiger partial charge < -0.3 is 30.0 Å². The van der Waals surface area contributed by atoms with E-state index in [0.29, 0.717) is 6.54 Å². The molecule has 0 aliphatic carbocycles. The third kappa shape index (κ3) is 9.42. The van der Waals surface area contributed by atoms with Gasteiger partial charge in [-0.25, -0.2) is 4.79 Å². The lowest BCUT2D eigenvalue weighted by atomic mass is 9.99. The Bertz CT molecular complexity index is 1530. The summed E-state index contributed by atoms with van der Waals surface area (Å²) in [5, 5.41) is 14.8. The Morgan fingerprint density at radius 2 is 1.60 bits per heavy atom. The van der Waals surface area contributed by atoms with Crippen molar-refractivity contribution in [3.63, 3.8) is 0 Å². The van der Waals surface area contributed by atoms with Crippen LogP contribution >= 0.6 is 11.8 Å². The van der Waals surface area contributed by atoms with Crippen LogP contribution in [0.15, 0.2) is 108 Å². The number of urea groups is 1. The Labute approximate surface area is 268 Å². The highest BCUT2D eigenvalue weighted by Crippen LogP contribution is 2.40. The molecule has 3 N–H and O–H groups in total. The molecule has 1 fully saturated rings. The van der Waals surface area contributed by atoms with Crippen molar-refractivity contribution < 1.29 is 28.9 Å². The number of aliphatic hydroxyl groups is 1. The fourth-order valence-electron chi connectivity index (χ4n) is 5.03. The number of esters is 1. The number of benzene rings is 4. The Balaban J connectivity index is 1.25. The number of thioether (sulfide) groups is 1. The summed E-state index contributed by atoms with van der Waals surface area (Å²) >= 11 is 1.78. The first kappa shape index (κ1) is 32.2. The van der Waals surface area contributed by atoms with Gasteiger partial charge in [-0.05, 0) is 52.9 Å². The van der Waals surface area contributed by atoms with E-state index in [2.05, 4.69) is 22.8 Å². The molecular formula is C36H38N2O6S. The molecule has 45 heavy (non-hydrogen) atoms. The third-order valence-electron chi connectivity index (χ3n) is 7.39. The number of hydrogen-bond donors (Lipinski definition) is 3. The van der Waals surface area contributed by atoms with Gasteiger partial charge in [-0.3, -0.25) is 4.79 Å². The lowest BCUT2D eigenvalue weighted by Gasteiger charge is -2.36. The number of aliphatic hydroxyl groups excluding tert-OH is 1. The predicted molar refractivity (Wildman–Crippen MR) is 174 cm³/mol. The van der Waals surface area contributed by atoms with E-state index in [1.54, 1.807) is 18.7 Å². The molecule has 0 aromatic heterocycles. The number of carbonyl (C=O) groups excluding carboxylic acids is 2. The van der Waals surface area contributed by atoms with Crippen LogP contribution in [0.5, 0.6) is 0 Å². The zero-order valence-electron chi connectivity index (χ0n) is 25.2. The summed E-state index contributed by atoms with van der Waals surface area (Å²) in [5.74, 6) is 0.324. The lowest BCUT2D eigenvalue weighted by Crippen LogP contribution is -2.38. The van der Waals surface area contributed by atoms with Crippen molar-refractivity contribution in [2.24, 2.45) is 0 Å². The second-order valence-electron chi connectivity index (χ2n) is 10.6. The van der Waals surface area contributed by atoms with Crippen LogP contribution in [0.25, 0.3) is 11.1 Å². The average molecular weight is 627 g/mol. The molecule has 0 saturated carbocycles. The maximum Gasteiger partial charge on any atom is 0.325 e. The summed E-state index contributed by atoms with van der Waals surface area (Å²) in [6.07, 6.45) is 0.0422. The van der Waals surface area contributed by atoms with Gasteiger partial charge in [0, 0.05) is 29.2 Å². The molecule has 0 bridgehead atoms. The summed E-state index contributed by atoms with van der Waals surface area (Å²) in [7, 11) is 0. The zero-order valence-corrected chi connectivity index (χ0v) is 26.0. The Morgan fingerprint density at radius 1 is 0.844 bits per heavy atom. The van der Waals surface area contributed by atoms with E-state index in [-0.39, 0.29) is 32.0 Å². The second kappa shape index (κ2) is 16.2. The van der Waals surface area contributed by atoms with Crippen molar-refractivity contribution in [1.29, 1.82) is 0 Å². The van der Waals surface area contributed by atoms with Crippen LogP contribution in [0.1, 0.15) is 48.0 Å². The molecule has 0 spiro atoms. The molecule has 3 unspecified atom stereocenters. The van der Waals surface area contributed by atoms with Gasteiger partial charge in [0.15, 0.2) is 6.29 Å². The third-order valence-corrected chi connectivity index (χ3v) is 8.53. The number of amides is 2. The Hall–Kier alpha value is -4.15. The predicted octanol–water partition coefficient (Wildman–Crippen LogP) is 6.55. The van der Waals surface area contributed by atoms with Crippen molar-refractivity contribution in [2.75, 3.05) is 18.9 Å². The average Bonchev–Trinajstić information content (AvgIpc) is 3.09. The van der Waals surface area contributed by atoms with Crippen LogP contribution in [0.4, 0.5) is 4.79 Å². The minimum atomic E-state index is -0.527. The summed E-state index contributed by atoms with van der Waals surface area (Å²) in [4.78, 5) is 24.7. The van der Waals surface area contributed by atoms with E-state index >= 15 is 0 Å². The number of nitrogens with one attached hydrogen (secondary N) is 2. The summed E-state index contributed by atoms with van der Waals surface area (Å²) in [6, 6.07) is 33.9. The fraction of sp³-hybridized carbons (Fsp3) is 0.278. The number of ether oxygens (including phenoxy) is 3. The van der Waals surface area contributed by atoms with Crippen LogP contribution in [0, 0.1) is 0 Å². The molecule has 2 amide bonds. The standard InChI is InChI=1S/C36H38N2O6S/c1-2-42-34(40)22-38-36(41)37-21-26-7-6-8-30(19-26)27-15-17-29(18-16-27)35-43-31(24-45-32-9-4-3-5-10-32)20-33(44-35)28-13-11-25(23-39)12-14-28/h3-19,31,33,35,39H,2,20-24H2,1H3,(H2,37,38,41). The molecule has 9 heteroatoms.